The zero-order chi connectivity index (χ0) is 23.4. The number of aliphatic carboxylic acids is 1. The molecule has 31 heavy (non-hydrogen) atoms. The fraction of sp³-hybridized carbons (Fsp3) is 0.375. The molecule has 2 aromatic rings. The number of amides is 2. The molecule has 0 aliphatic rings. The number of hydrogen-bond donors (Lipinski definition) is 3. The van der Waals surface area contributed by atoms with Crippen LogP contribution in [0.2, 0.25) is 0 Å². The number of carboxylic acid groups (broad SMARTS) is 1. The molecule has 7 nitrogen and oxygen atoms in total. The van der Waals surface area contributed by atoms with Gasteiger partial charge >= 0.3 is 5.97 Å². The second kappa shape index (κ2) is 9.20. The van der Waals surface area contributed by atoms with E-state index in [0.717, 1.165) is 10.5 Å². The number of aryl methyl sites for hydroxylation is 1. The van der Waals surface area contributed by atoms with Crippen molar-refractivity contribution in [2.75, 3.05) is 5.73 Å². The van der Waals surface area contributed by atoms with Crippen LogP contribution < -0.4 is 11.5 Å². The summed E-state index contributed by atoms with van der Waals surface area (Å²) in [7, 11) is 0. The van der Waals surface area contributed by atoms with Crippen LogP contribution in [-0.2, 0) is 16.0 Å². The summed E-state index contributed by atoms with van der Waals surface area (Å²) in [6.07, 6.45) is 0.591. The molecule has 5 N–H and O–H groups in total. The Morgan fingerprint density at radius 3 is 2.03 bits per heavy atom. The average Bonchev–Trinajstić information content (AvgIpc) is 2.70. The molecule has 2 rings (SSSR count). The Bertz CT molecular complexity index is 953. The van der Waals surface area contributed by atoms with Crippen molar-refractivity contribution in [3.63, 3.8) is 0 Å². The first kappa shape index (κ1) is 23.9. The van der Waals surface area contributed by atoms with Crippen LogP contribution in [-0.4, -0.2) is 39.4 Å². The number of nitrogen functional groups attached to an aromatic ring is 1. The number of carbonyl (C=O) groups is 3. The van der Waals surface area contributed by atoms with Gasteiger partial charge in [0.05, 0.1) is 5.56 Å². The number of benzene rings is 2. The molecule has 0 heterocycles. The number of primary amides is 1. The lowest BCUT2D eigenvalue weighted by atomic mass is 9.67. The van der Waals surface area contributed by atoms with E-state index in [-0.39, 0.29) is 17.7 Å². The molecular weight excluding hydrogens is 394 g/mol. The third-order valence-electron chi connectivity index (χ3n) is 5.83. The highest BCUT2D eigenvalue weighted by atomic mass is 16.4. The molecule has 7 heteroatoms. The van der Waals surface area contributed by atoms with Gasteiger partial charge in [-0.25, -0.2) is 4.79 Å². The summed E-state index contributed by atoms with van der Waals surface area (Å²) in [5.74, 6) is -2.64. The molecule has 0 bridgehead atoms. The van der Waals surface area contributed by atoms with Crippen LogP contribution in [0.4, 0.5) is 5.69 Å². The van der Waals surface area contributed by atoms with Gasteiger partial charge < -0.3 is 21.5 Å². The molecule has 0 saturated heterocycles. The summed E-state index contributed by atoms with van der Waals surface area (Å²) < 4.78 is 0. The highest BCUT2D eigenvalue weighted by molar-refractivity contribution is 6.04. The van der Waals surface area contributed by atoms with Crippen molar-refractivity contribution in [3.05, 3.63) is 65.7 Å². The number of para-hydroxylation sites is 1. The fourth-order valence-corrected chi connectivity index (χ4v) is 4.05. The zero-order valence-corrected chi connectivity index (χ0v) is 18.5. The van der Waals surface area contributed by atoms with Crippen molar-refractivity contribution < 1.29 is 19.5 Å². The van der Waals surface area contributed by atoms with Gasteiger partial charge in [-0.05, 0) is 42.9 Å². The van der Waals surface area contributed by atoms with Crippen molar-refractivity contribution in [2.45, 2.75) is 52.1 Å². The number of hydrogen-bond acceptors (Lipinski definition) is 4. The Kier molecular flexibility index (Phi) is 7.10. The molecule has 0 spiro atoms. The minimum absolute atomic E-state index is 0.130. The van der Waals surface area contributed by atoms with Gasteiger partial charge in [-0.2, -0.15) is 0 Å². The summed E-state index contributed by atoms with van der Waals surface area (Å²) in [6, 6.07) is 14.6. The Labute approximate surface area is 183 Å². The molecular formula is C24H31N3O4. The molecule has 2 amide bonds. The first-order valence-corrected chi connectivity index (χ1v) is 10.2. The van der Waals surface area contributed by atoms with Crippen molar-refractivity contribution in [1.82, 2.24) is 4.90 Å². The van der Waals surface area contributed by atoms with Crippen LogP contribution in [0.3, 0.4) is 0 Å². The Morgan fingerprint density at radius 2 is 1.55 bits per heavy atom. The van der Waals surface area contributed by atoms with Crippen molar-refractivity contribution >= 4 is 23.5 Å². The fourth-order valence-electron chi connectivity index (χ4n) is 4.05. The van der Waals surface area contributed by atoms with Gasteiger partial charge in [0.15, 0.2) is 0 Å². The Hall–Kier alpha value is -3.35. The molecule has 0 fully saturated rings. The lowest BCUT2D eigenvalue weighted by Gasteiger charge is -2.51. The molecule has 166 valence electrons. The van der Waals surface area contributed by atoms with Crippen molar-refractivity contribution in [3.8, 4) is 0 Å². The lowest BCUT2D eigenvalue weighted by molar-refractivity contribution is -0.151. The molecule has 0 aromatic heterocycles. The minimum atomic E-state index is -1.58. The first-order chi connectivity index (χ1) is 14.4. The molecule has 2 aromatic carbocycles. The largest absolute Gasteiger partial charge is 0.480 e. The predicted molar refractivity (Wildman–Crippen MR) is 120 cm³/mol. The lowest BCUT2D eigenvalue weighted by Crippen LogP contribution is -2.69. The topological polar surface area (TPSA) is 127 Å². The van der Waals surface area contributed by atoms with Gasteiger partial charge in [-0.1, -0.05) is 63.2 Å². The second-order valence-electron chi connectivity index (χ2n) is 8.74. The maximum Gasteiger partial charge on any atom is 0.326 e. The summed E-state index contributed by atoms with van der Waals surface area (Å²) in [4.78, 5) is 40.0. The Balaban J connectivity index is 2.70. The molecule has 0 aliphatic heterocycles. The summed E-state index contributed by atoms with van der Waals surface area (Å²) in [5.41, 5.74) is 10.8. The smallest absolute Gasteiger partial charge is 0.326 e. The second-order valence-corrected chi connectivity index (χ2v) is 8.74. The van der Waals surface area contributed by atoms with Gasteiger partial charge in [-0.3, -0.25) is 9.59 Å². The zero-order valence-electron chi connectivity index (χ0n) is 18.5. The van der Waals surface area contributed by atoms with E-state index in [0.29, 0.717) is 6.42 Å². The number of carbonyl (C=O) groups excluding carboxylic acids is 2. The highest BCUT2D eigenvalue weighted by Crippen LogP contribution is 2.42. The minimum Gasteiger partial charge on any atom is -0.480 e. The maximum atomic E-state index is 13.7. The quantitative estimate of drug-likeness (QED) is 0.560. The van der Waals surface area contributed by atoms with Gasteiger partial charge in [0.2, 0.25) is 5.91 Å². The van der Waals surface area contributed by atoms with Gasteiger partial charge in [0.1, 0.15) is 11.6 Å². The van der Waals surface area contributed by atoms with Crippen LogP contribution in [0.1, 0.15) is 50.0 Å². The number of carboxylic acids is 1. The first-order valence-electron chi connectivity index (χ1n) is 10.2. The molecule has 2 atom stereocenters. The van der Waals surface area contributed by atoms with E-state index in [1.807, 2.05) is 30.3 Å². The average molecular weight is 426 g/mol. The van der Waals surface area contributed by atoms with Crippen molar-refractivity contribution in [1.29, 1.82) is 0 Å². The predicted octanol–water partition coefficient (Wildman–Crippen LogP) is 3.09. The van der Waals surface area contributed by atoms with E-state index in [1.165, 1.54) is 13.0 Å². The SMILES string of the molecule is CC(C(=O)O)N(C(=O)c1ccccc1N)C(CCc1ccccc1)(C(N)=O)C(C)(C)C. The third kappa shape index (κ3) is 4.71. The van der Waals surface area contributed by atoms with E-state index in [4.69, 9.17) is 11.5 Å². The standard InChI is InChI=1S/C24H31N3O4/c1-16(21(29)30)27(20(28)18-12-8-9-13-19(18)25)24(22(26)31,23(2,3)4)15-14-17-10-6-5-7-11-17/h5-13,16H,14-15,25H2,1-4H3,(H2,26,31)(H,29,30). The Morgan fingerprint density at radius 1 is 1.00 bits per heavy atom. The summed E-state index contributed by atoms with van der Waals surface area (Å²) in [5, 5.41) is 9.84. The summed E-state index contributed by atoms with van der Waals surface area (Å²) >= 11 is 0. The normalized spacial score (nSPS) is 14.3. The van der Waals surface area contributed by atoms with E-state index >= 15 is 0 Å². The van der Waals surface area contributed by atoms with Gasteiger partial charge in [0, 0.05) is 5.69 Å². The van der Waals surface area contributed by atoms with Crippen LogP contribution in [0, 0.1) is 5.41 Å². The number of nitrogens with two attached hydrogens (primary N) is 2. The monoisotopic (exact) mass is 425 g/mol. The number of nitrogens with zero attached hydrogens (tertiary/aromatic N) is 1. The molecule has 0 aliphatic carbocycles. The molecule has 0 radical (unpaired) electrons. The maximum absolute atomic E-state index is 13.7. The van der Waals surface area contributed by atoms with Gasteiger partial charge in [-0.15, -0.1) is 0 Å². The summed E-state index contributed by atoms with van der Waals surface area (Å²) in [6.45, 7) is 6.73. The molecule has 0 saturated carbocycles. The van der Waals surface area contributed by atoms with E-state index < -0.39 is 34.8 Å². The third-order valence-corrected chi connectivity index (χ3v) is 5.83. The molecule has 2 unspecified atom stereocenters. The van der Waals surface area contributed by atoms with Crippen LogP contribution in [0.15, 0.2) is 54.6 Å². The van der Waals surface area contributed by atoms with E-state index in [2.05, 4.69) is 0 Å². The van der Waals surface area contributed by atoms with Crippen LogP contribution in [0.25, 0.3) is 0 Å². The van der Waals surface area contributed by atoms with E-state index in [1.54, 1.807) is 39.0 Å². The van der Waals surface area contributed by atoms with Crippen LogP contribution >= 0.6 is 0 Å². The van der Waals surface area contributed by atoms with Gasteiger partial charge in [0.25, 0.3) is 5.91 Å². The van der Waals surface area contributed by atoms with Crippen LogP contribution in [0.5, 0.6) is 0 Å². The number of anilines is 1. The highest BCUT2D eigenvalue weighted by Gasteiger charge is 2.56. The number of rotatable bonds is 8. The van der Waals surface area contributed by atoms with Crippen molar-refractivity contribution in [2.24, 2.45) is 11.1 Å². The van der Waals surface area contributed by atoms with E-state index in [9.17, 15) is 19.5 Å².